The number of halogens is 3. The molecule has 0 radical (unpaired) electrons. The molecule has 0 amide bonds. The van der Waals surface area contributed by atoms with Crippen molar-refractivity contribution >= 4 is 10.1 Å². The van der Waals surface area contributed by atoms with Gasteiger partial charge in [-0.3, -0.25) is 4.55 Å². The summed E-state index contributed by atoms with van der Waals surface area (Å²) in [6.07, 6.45) is 0. The lowest BCUT2D eigenvalue weighted by Crippen LogP contribution is -2.21. The lowest BCUT2D eigenvalue weighted by atomic mass is 11.0. The summed E-state index contributed by atoms with van der Waals surface area (Å²) in [5.74, 6) is 0. The van der Waals surface area contributed by atoms with Crippen LogP contribution in [0.5, 0.6) is 0 Å². The highest BCUT2D eigenvalue weighted by Crippen LogP contribution is 2.20. The number of nitriles is 1. The number of hydrogen-bond acceptors (Lipinski definition) is 3. The molecule has 0 fully saturated rings. The summed E-state index contributed by atoms with van der Waals surface area (Å²) in [6, 6.07) is 1.75. The van der Waals surface area contributed by atoms with E-state index in [1.54, 1.807) is 6.07 Å². The molecule has 0 saturated carbocycles. The molecule has 0 aliphatic rings. The Bertz CT molecular complexity index is 236. The van der Waals surface area contributed by atoms with Gasteiger partial charge in [0.05, 0.1) is 6.07 Å². The number of rotatable bonds is 0. The number of hydrogen-bond donors (Lipinski definition) is 1. The molecule has 66 valence electrons. The van der Waals surface area contributed by atoms with Crippen molar-refractivity contribution < 1.29 is 26.1 Å². The minimum absolute atomic E-state index is 1.43. The van der Waals surface area contributed by atoms with Gasteiger partial charge in [0, 0.05) is 6.92 Å². The first-order valence-corrected chi connectivity index (χ1v) is 3.45. The second-order valence-corrected chi connectivity index (χ2v) is 2.56. The molecule has 0 saturated heterocycles. The molecule has 0 bridgehead atoms. The third-order valence-corrected chi connectivity index (χ3v) is 0.877. The van der Waals surface area contributed by atoms with E-state index in [0.717, 1.165) is 0 Å². The normalized spacial score (nSPS) is 10.9. The van der Waals surface area contributed by atoms with E-state index < -0.39 is 15.6 Å². The van der Waals surface area contributed by atoms with Crippen molar-refractivity contribution in [3.8, 4) is 6.07 Å². The van der Waals surface area contributed by atoms with E-state index in [9.17, 15) is 13.2 Å². The summed E-state index contributed by atoms with van der Waals surface area (Å²) in [4.78, 5) is 0. The molecular weight excluding hydrogens is 187 g/mol. The fourth-order valence-corrected chi connectivity index (χ4v) is 0. The predicted octanol–water partition coefficient (Wildman–Crippen LogP) is 0.924. The van der Waals surface area contributed by atoms with Crippen molar-refractivity contribution in [1.29, 1.82) is 5.26 Å². The Morgan fingerprint density at radius 1 is 1.45 bits per heavy atom. The third-order valence-electron chi connectivity index (χ3n) is 0.292. The molecule has 0 aliphatic carbocycles. The average molecular weight is 191 g/mol. The van der Waals surface area contributed by atoms with Crippen molar-refractivity contribution in [2.45, 2.75) is 12.4 Å². The highest BCUT2D eigenvalue weighted by molar-refractivity contribution is 7.86. The number of nitrogens with zero attached hydrogens (tertiary/aromatic N) is 1. The van der Waals surface area contributed by atoms with Crippen LogP contribution in [0.25, 0.3) is 0 Å². The Kier molecular flexibility index (Phi) is 4.84. The van der Waals surface area contributed by atoms with Crippen molar-refractivity contribution in [2.24, 2.45) is 0 Å². The van der Waals surface area contributed by atoms with Crippen LogP contribution in [-0.2, 0) is 10.1 Å². The Morgan fingerprint density at radius 3 is 1.55 bits per heavy atom. The molecule has 0 atom stereocenters. The van der Waals surface area contributed by atoms with Crippen molar-refractivity contribution in [2.75, 3.05) is 0 Å². The van der Waals surface area contributed by atoms with Gasteiger partial charge in [0.25, 0.3) is 0 Å². The second-order valence-electron chi connectivity index (χ2n) is 1.14. The van der Waals surface area contributed by atoms with Crippen LogP contribution in [0, 0.1) is 11.3 Å². The quantitative estimate of drug-likeness (QED) is 0.456. The second kappa shape index (κ2) is 4.15. The van der Waals surface area contributed by atoms with Crippen LogP contribution in [0.15, 0.2) is 0 Å². The lowest BCUT2D eigenvalue weighted by molar-refractivity contribution is -0.0510. The molecule has 0 rings (SSSR count). The first-order chi connectivity index (χ1) is 4.66. The summed E-state index contributed by atoms with van der Waals surface area (Å²) in [6.45, 7) is 1.43. The molecule has 4 nitrogen and oxygen atoms in total. The zero-order chi connectivity index (χ0) is 9.71. The smallest absolute Gasteiger partial charge is 0.279 e. The largest absolute Gasteiger partial charge is 0.522 e. The molecule has 0 spiro atoms. The lowest BCUT2D eigenvalue weighted by Gasteiger charge is -1.97. The van der Waals surface area contributed by atoms with Crippen LogP contribution >= 0.6 is 0 Å². The molecule has 8 heteroatoms. The standard InChI is InChI=1S/C2H3N.CHF3O3S/c1-2-3;2-1(3,4)8(5,6)7/h1H3;(H,5,6,7). The van der Waals surface area contributed by atoms with E-state index in [4.69, 9.17) is 18.2 Å². The average Bonchev–Trinajstić information content (AvgIpc) is 1.60. The van der Waals surface area contributed by atoms with Gasteiger partial charge >= 0.3 is 15.6 Å². The van der Waals surface area contributed by atoms with Crippen LogP contribution < -0.4 is 0 Å². The maximum absolute atomic E-state index is 10.7. The maximum Gasteiger partial charge on any atom is 0.522 e. The van der Waals surface area contributed by atoms with Gasteiger partial charge in [-0.2, -0.15) is 26.9 Å². The summed E-state index contributed by atoms with van der Waals surface area (Å²) < 4.78 is 57.5. The monoisotopic (exact) mass is 191 g/mol. The Balaban J connectivity index is 0. The van der Waals surface area contributed by atoms with Crippen molar-refractivity contribution in [1.82, 2.24) is 0 Å². The van der Waals surface area contributed by atoms with E-state index in [1.165, 1.54) is 6.92 Å². The van der Waals surface area contributed by atoms with Crippen LogP contribution in [0.4, 0.5) is 13.2 Å². The van der Waals surface area contributed by atoms with Crippen LogP contribution in [0.3, 0.4) is 0 Å². The highest BCUT2D eigenvalue weighted by Gasteiger charge is 2.44. The van der Waals surface area contributed by atoms with Gasteiger partial charge in [0.2, 0.25) is 0 Å². The first-order valence-electron chi connectivity index (χ1n) is 2.01. The molecule has 0 aromatic carbocycles. The maximum atomic E-state index is 10.7. The third kappa shape index (κ3) is 7.08. The molecule has 0 heterocycles. The van der Waals surface area contributed by atoms with E-state index in [0.29, 0.717) is 0 Å². The summed E-state index contributed by atoms with van der Waals surface area (Å²) >= 11 is 0. The Morgan fingerprint density at radius 2 is 1.55 bits per heavy atom. The summed E-state index contributed by atoms with van der Waals surface area (Å²) in [5, 5.41) is 7.32. The van der Waals surface area contributed by atoms with E-state index >= 15 is 0 Å². The molecule has 0 aliphatic heterocycles. The van der Waals surface area contributed by atoms with Gasteiger partial charge in [0.15, 0.2) is 0 Å². The van der Waals surface area contributed by atoms with Gasteiger partial charge in [-0.1, -0.05) is 0 Å². The molecule has 1 N–H and O–H groups in total. The Labute approximate surface area is 61.0 Å². The van der Waals surface area contributed by atoms with Crippen molar-refractivity contribution in [3.05, 3.63) is 0 Å². The van der Waals surface area contributed by atoms with Crippen LogP contribution in [0.2, 0.25) is 0 Å². The minimum atomic E-state index is -5.84. The molecule has 0 aromatic rings. The van der Waals surface area contributed by atoms with Gasteiger partial charge < -0.3 is 0 Å². The van der Waals surface area contributed by atoms with E-state index in [1.807, 2.05) is 0 Å². The van der Waals surface area contributed by atoms with Gasteiger partial charge in [-0.05, 0) is 0 Å². The fourth-order valence-electron chi connectivity index (χ4n) is 0. The number of alkyl halides is 3. The van der Waals surface area contributed by atoms with Gasteiger partial charge in [-0.25, -0.2) is 0 Å². The zero-order valence-corrected chi connectivity index (χ0v) is 6.07. The fraction of sp³-hybridized carbons (Fsp3) is 0.667. The predicted molar refractivity (Wildman–Crippen MR) is 28.9 cm³/mol. The van der Waals surface area contributed by atoms with E-state index in [-0.39, 0.29) is 0 Å². The first kappa shape index (κ1) is 12.8. The molecule has 11 heavy (non-hydrogen) atoms. The molecule has 0 unspecified atom stereocenters. The topological polar surface area (TPSA) is 78.2 Å². The zero-order valence-electron chi connectivity index (χ0n) is 5.25. The van der Waals surface area contributed by atoms with E-state index in [2.05, 4.69) is 0 Å². The minimum Gasteiger partial charge on any atom is -0.279 e. The van der Waals surface area contributed by atoms with Crippen LogP contribution in [-0.4, -0.2) is 18.5 Å². The summed E-state index contributed by atoms with van der Waals surface area (Å²) in [7, 11) is -5.84. The molecular formula is C3H4F3NO3S. The highest BCUT2D eigenvalue weighted by atomic mass is 32.2. The SMILES string of the molecule is CC#N.O=S(=O)(O)C(F)(F)F. The van der Waals surface area contributed by atoms with Crippen molar-refractivity contribution in [3.63, 3.8) is 0 Å². The van der Waals surface area contributed by atoms with Crippen LogP contribution in [0.1, 0.15) is 6.92 Å². The summed E-state index contributed by atoms with van der Waals surface area (Å²) in [5.41, 5.74) is -5.53. The van der Waals surface area contributed by atoms with Gasteiger partial charge in [0.1, 0.15) is 0 Å². The van der Waals surface area contributed by atoms with Gasteiger partial charge in [-0.15, -0.1) is 0 Å². The molecule has 0 aromatic heterocycles. The Hall–Kier alpha value is -0.810.